The molecule has 2 N–H and O–H groups in total. The van der Waals surface area contributed by atoms with Crippen molar-refractivity contribution in [1.82, 2.24) is 29.8 Å². The molecule has 7 nitrogen and oxygen atoms in total. The van der Waals surface area contributed by atoms with E-state index in [0.717, 1.165) is 17.1 Å². The van der Waals surface area contributed by atoms with Gasteiger partial charge in [-0.05, 0) is 13.0 Å². The highest BCUT2D eigenvalue weighted by Crippen LogP contribution is 2.22. The van der Waals surface area contributed by atoms with Crippen LogP contribution in [0.2, 0.25) is 5.15 Å². The van der Waals surface area contributed by atoms with Crippen LogP contribution in [0.1, 0.15) is 11.3 Å². The number of anilines is 1. The topological polar surface area (TPSA) is 83.8 Å². The van der Waals surface area contributed by atoms with Crippen LogP contribution in [0, 0.1) is 6.92 Å². The van der Waals surface area contributed by atoms with Crippen molar-refractivity contribution in [3.05, 3.63) is 35.0 Å². The fourth-order valence-corrected chi connectivity index (χ4v) is 1.83. The van der Waals surface area contributed by atoms with Gasteiger partial charge in [-0.1, -0.05) is 11.6 Å². The van der Waals surface area contributed by atoms with Crippen molar-refractivity contribution in [2.45, 2.75) is 13.5 Å². The van der Waals surface area contributed by atoms with Crippen LogP contribution in [-0.2, 0) is 6.54 Å². The number of nitrogens with one attached hydrogen (secondary N) is 2. The van der Waals surface area contributed by atoms with Crippen LogP contribution >= 0.6 is 11.6 Å². The number of hydrogen-bond donors (Lipinski definition) is 2. The molecule has 92 valence electrons. The largest absolute Gasteiger partial charge is 0.364 e. The molecule has 0 radical (unpaired) electrons. The quantitative estimate of drug-likeness (QED) is 0.698. The van der Waals surface area contributed by atoms with Crippen molar-refractivity contribution in [2.24, 2.45) is 0 Å². The molecule has 8 heteroatoms. The molecular formula is C10H10ClN7. The monoisotopic (exact) mass is 263 g/mol. The van der Waals surface area contributed by atoms with Gasteiger partial charge in [0.25, 0.3) is 5.78 Å². The molecule has 0 amide bonds. The summed E-state index contributed by atoms with van der Waals surface area (Å²) in [4.78, 5) is 8.16. The first kappa shape index (κ1) is 11.0. The Hall–Kier alpha value is -2.15. The van der Waals surface area contributed by atoms with Crippen molar-refractivity contribution >= 4 is 23.2 Å². The lowest BCUT2D eigenvalue weighted by molar-refractivity contribution is 0.900. The van der Waals surface area contributed by atoms with E-state index in [2.05, 4.69) is 30.6 Å². The maximum Gasteiger partial charge on any atom is 0.255 e. The second-order valence-corrected chi connectivity index (χ2v) is 4.14. The van der Waals surface area contributed by atoms with Gasteiger partial charge in [0.2, 0.25) is 0 Å². The number of fused-ring (bicyclic) bond motifs is 1. The predicted molar refractivity (Wildman–Crippen MR) is 66.4 cm³/mol. The Kier molecular flexibility index (Phi) is 2.60. The molecule has 0 atom stereocenters. The van der Waals surface area contributed by atoms with E-state index < -0.39 is 0 Å². The Bertz CT molecular complexity index is 673. The van der Waals surface area contributed by atoms with Gasteiger partial charge in [0, 0.05) is 11.8 Å². The maximum absolute atomic E-state index is 6.06. The lowest BCUT2D eigenvalue weighted by Gasteiger charge is -2.10. The minimum Gasteiger partial charge on any atom is -0.364 e. The highest BCUT2D eigenvalue weighted by molar-refractivity contribution is 6.30. The van der Waals surface area contributed by atoms with Crippen LogP contribution in [0.4, 0.5) is 5.82 Å². The van der Waals surface area contributed by atoms with Crippen LogP contribution in [0.5, 0.6) is 0 Å². The van der Waals surface area contributed by atoms with Gasteiger partial charge in [-0.25, -0.2) is 0 Å². The molecule has 3 aromatic rings. The van der Waals surface area contributed by atoms with Crippen LogP contribution in [0.25, 0.3) is 5.78 Å². The Balaban J connectivity index is 1.99. The first-order valence-corrected chi connectivity index (χ1v) is 5.71. The highest BCUT2D eigenvalue weighted by Gasteiger charge is 2.11. The fourth-order valence-electron chi connectivity index (χ4n) is 1.67. The predicted octanol–water partition coefficient (Wildman–Crippen LogP) is 1.42. The summed E-state index contributed by atoms with van der Waals surface area (Å²) in [5.74, 6) is 1.25. The van der Waals surface area contributed by atoms with Crippen molar-refractivity contribution in [3.63, 3.8) is 0 Å². The molecule has 0 fully saturated rings. The molecule has 0 spiro atoms. The Morgan fingerprint density at radius 2 is 2.39 bits per heavy atom. The smallest absolute Gasteiger partial charge is 0.255 e. The summed E-state index contributed by atoms with van der Waals surface area (Å²) in [5, 5.41) is 14.6. The van der Waals surface area contributed by atoms with E-state index in [1.807, 2.05) is 13.0 Å². The first-order valence-electron chi connectivity index (χ1n) is 5.33. The maximum atomic E-state index is 6.06. The van der Waals surface area contributed by atoms with Gasteiger partial charge in [0.15, 0.2) is 0 Å². The van der Waals surface area contributed by atoms with E-state index in [1.165, 1.54) is 6.33 Å². The lowest BCUT2D eigenvalue weighted by Crippen LogP contribution is -2.09. The van der Waals surface area contributed by atoms with Crippen molar-refractivity contribution < 1.29 is 0 Å². The van der Waals surface area contributed by atoms with E-state index in [-0.39, 0.29) is 0 Å². The highest BCUT2D eigenvalue weighted by atomic mass is 35.5. The van der Waals surface area contributed by atoms with Gasteiger partial charge < -0.3 is 5.32 Å². The van der Waals surface area contributed by atoms with Crippen molar-refractivity contribution in [1.29, 1.82) is 0 Å². The molecular weight excluding hydrogens is 254 g/mol. The molecule has 3 rings (SSSR count). The number of rotatable bonds is 3. The number of aromatic amines is 1. The summed E-state index contributed by atoms with van der Waals surface area (Å²) < 4.78 is 1.62. The van der Waals surface area contributed by atoms with Crippen LogP contribution in [0.15, 0.2) is 18.6 Å². The SMILES string of the molecule is Cc1c(Cl)nc2ncnn2c1NCc1ccn[nH]1. The average molecular weight is 264 g/mol. The molecule has 18 heavy (non-hydrogen) atoms. The lowest BCUT2D eigenvalue weighted by atomic mass is 10.3. The first-order chi connectivity index (χ1) is 8.75. The molecule has 0 aliphatic carbocycles. The molecule has 0 bridgehead atoms. The van der Waals surface area contributed by atoms with Crippen molar-refractivity contribution in [3.8, 4) is 0 Å². The van der Waals surface area contributed by atoms with Gasteiger partial charge in [-0.15, -0.1) is 0 Å². The van der Waals surface area contributed by atoms with Gasteiger partial charge in [0.1, 0.15) is 17.3 Å². The Labute approximate surface area is 107 Å². The number of aromatic nitrogens is 6. The third-order valence-electron chi connectivity index (χ3n) is 2.61. The van der Waals surface area contributed by atoms with Gasteiger partial charge in [-0.2, -0.15) is 24.7 Å². The average Bonchev–Trinajstić information content (AvgIpc) is 3.00. The molecule has 0 saturated carbocycles. The second kappa shape index (κ2) is 4.26. The van der Waals surface area contributed by atoms with Gasteiger partial charge in [0.05, 0.1) is 12.2 Å². The summed E-state index contributed by atoms with van der Waals surface area (Å²) in [6, 6.07) is 1.89. The number of H-pyrrole nitrogens is 1. The summed E-state index contributed by atoms with van der Waals surface area (Å²) in [5.41, 5.74) is 1.80. The fraction of sp³-hybridized carbons (Fsp3) is 0.200. The van der Waals surface area contributed by atoms with Crippen LogP contribution in [0.3, 0.4) is 0 Å². The molecule has 0 unspecified atom stereocenters. The van der Waals surface area contributed by atoms with Crippen molar-refractivity contribution in [2.75, 3.05) is 5.32 Å². The summed E-state index contributed by atoms with van der Waals surface area (Å²) >= 11 is 6.06. The van der Waals surface area contributed by atoms with Gasteiger partial charge in [-0.3, -0.25) is 5.10 Å². The molecule has 3 aromatic heterocycles. The molecule has 0 aliphatic rings. The van der Waals surface area contributed by atoms with Crippen LogP contribution < -0.4 is 5.32 Å². The Morgan fingerprint density at radius 1 is 1.50 bits per heavy atom. The number of nitrogens with zero attached hydrogens (tertiary/aromatic N) is 5. The number of halogens is 1. The van der Waals surface area contributed by atoms with E-state index in [0.29, 0.717) is 17.5 Å². The minimum atomic E-state index is 0.419. The zero-order chi connectivity index (χ0) is 12.5. The normalized spacial score (nSPS) is 11.0. The minimum absolute atomic E-state index is 0.419. The van der Waals surface area contributed by atoms with E-state index in [4.69, 9.17) is 11.6 Å². The molecule has 3 heterocycles. The van der Waals surface area contributed by atoms with E-state index in [9.17, 15) is 0 Å². The molecule has 0 aromatic carbocycles. The third-order valence-corrected chi connectivity index (χ3v) is 2.98. The Morgan fingerprint density at radius 3 is 3.17 bits per heavy atom. The van der Waals surface area contributed by atoms with E-state index >= 15 is 0 Å². The molecule has 0 aliphatic heterocycles. The van der Waals surface area contributed by atoms with E-state index in [1.54, 1.807) is 10.7 Å². The summed E-state index contributed by atoms with van der Waals surface area (Å²) in [6.07, 6.45) is 3.15. The third kappa shape index (κ3) is 1.78. The zero-order valence-corrected chi connectivity index (χ0v) is 10.3. The van der Waals surface area contributed by atoms with Gasteiger partial charge >= 0.3 is 0 Å². The summed E-state index contributed by atoms with van der Waals surface area (Å²) in [7, 11) is 0. The van der Waals surface area contributed by atoms with Crippen LogP contribution in [-0.4, -0.2) is 29.8 Å². The number of hydrogen-bond acceptors (Lipinski definition) is 5. The standard InChI is InChI=1S/C10H10ClN7/c1-6-8(11)16-10-13-5-15-18(10)9(6)12-4-7-2-3-14-17-7/h2-3,5,12H,4H2,1H3,(H,14,17). The summed E-state index contributed by atoms with van der Waals surface area (Å²) in [6.45, 7) is 2.47. The molecule has 0 saturated heterocycles. The second-order valence-electron chi connectivity index (χ2n) is 3.78. The zero-order valence-electron chi connectivity index (χ0n) is 9.55.